The van der Waals surface area contributed by atoms with Crippen molar-refractivity contribution in [3.05, 3.63) is 71.4 Å². The molecule has 0 saturated carbocycles. The van der Waals surface area contributed by atoms with E-state index in [0.29, 0.717) is 13.0 Å². The standard InChI is InChI=1S/C19H19NO2/c1-3-22-19(21)20-17(12-15-8-6-7-14(2)11-15)13-16-9-4-5-10-18(16)20/h4-11,13H,3,12H2,1-2H3. The van der Waals surface area contributed by atoms with Crippen molar-refractivity contribution in [1.82, 2.24) is 4.57 Å². The minimum atomic E-state index is -0.314. The number of carbonyl (C=O) groups excluding carboxylic acids is 1. The molecule has 0 spiro atoms. The molecule has 0 saturated heterocycles. The van der Waals surface area contributed by atoms with Crippen molar-refractivity contribution in [2.75, 3.05) is 6.61 Å². The predicted molar refractivity (Wildman–Crippen MR) is 88.3 cm³/mol. The molecule has 3 nitrogen and oxygen atoms in total. The molecule has 0 N–H and O–H groups in total. The topological polar surface area (TPSA) is 31.2 Å². The summed E-state index contributed by atoms with van der Waals surface area (Å²) in [6.45, 7) is 4.27. The van der Waals surface area contributed by atoms with Crippen LogP contribution in [-0.4, -0.2) is 17.3 Å². The van der Waals surface area contributed by atoms with E-state index in [1.807, 2.05) is 37.3 Å². The van der Waals surface area contributed by atoms with Crippen molar-refractivity contribution < 1.29 is 9.53 Å². The SMILES string of the molecule is CCOC(=O)n1c(Cc2cccc(C)c2)cc2ccccc21. The summed E-state index contributed by atoms with van der Waals surface area (Å²) in [5, 5.41) is 1.05. The second-order valence-electron chi connectivity index (χ2n) is 5.39. The summed E-state index contributed by atoms with van der Waals surface area (Å²) in [5.41, 5.74) is 4.25. The van der Waals surface area contributed by atoms with E-state index in [1.165, 1.54) is 11.1 Å². The molecule has 0 bridgehead atoms. The molecule has 112 valence electrons. The summed E-state index contributed by atoms with van der Waals surface area (Å²) in [6.07, 6.45) is 0.390. The zero-order chi connectivity index (χ0) is 15.5. The van der Waals surface area contributed by atoms with Gasteiger partial charge in [-0.25, -0.2) is 9.36 Å². The first-order chi connectivity index (χ1) is 10.7. The van der Waals surface area contributed by atoms with Crippen molar-refractivity contribution in [2.24, 2.45) is 0 Å². The average Bonchev–Trinajstić information content (AvgIpc) is 2.85. The first kappa shape index (κ1) is 14.4. The number of rotatable bonds is 3. The van der Waals surface area contributed by atoms with Gasteiger partial charge in [-0.2, -0.15) is 0 Å². The van der Waals surface area contributed by atoms with Crippen LogP contribution in [0, 0.1) is 6.92 Å². The zero-order valence-corrected chi connectivity index (χ0v) is 12.9. The van der Waals surface area contributed by atoms with Crippen molar-refractivity contribution in [2.45, 2.75) is 20.3 Å². The minimum absolute atomic E-state index is 0.314. The van der Waals surface area contributed by atoms with Crippen LogP contribution >= 0.6 is 0 Å². The fourth-order valence-electron chi connectivity index (χ4n) is 2.78. The van der Waals surface area contributed by atoms with Crippen LogP contribution in [0.2, 0.25) is 0 Å². The third-order valence-electron chi connectivity index (χ3n) is 3.71. The Labute approximate surface area is 130 Å². The number of hydrogen-bond acceptors (Lipinski definition) is 2. The summed E-state index contributed by atoms with van der Waals surface area (Å²) in [4.78, 5) is 12.3. The molecule has 1 heterocycles. The fraction of sp³-hybridized carbons (Fsp3) is 0.211. The van der Waals surface area contributed by atoms with E-state index in [9.17, 15) is 4.79 Å². The van der Waals surface area contributed by atoms with Crippen LogP contribution in [-0.2, 0) is 11.2 Å². The van der Waals surface area contributed by atoms with Gasteiger partial charge in [0.15, 0.2) is 0 Å². The van der Waals surface area contributed by atoms with Crippen LogP contribution in [0.5, 0.6) is 0 Å². The van der Waals surface area contributed by atoms with Gasteiger partial charge in [-0.1, -0.05) is 48.0 Å². The summed E-state index contributed by atoms with van der Waals surface area (Å²) >= 11 is 0. The second kappa shape index (κ2) is 6.06. The van der Waals surface area contributed by atoms with Crippen LogP contribution in [0.15, 0.2) is 54.6 Å². The normalized spacial score (nSPS) is 10.8. The van der Waals surface area contributed by atoms with Gasteiger partial charge in [-0.3, -0.25) is 0 Å². The maximum Gasteiger partial charge on any atom is 0.418 e. The van der Waals surface area contributed by atoms with Gasteiger partial charge in [-0.05, 0) is 31.5 Å². The molecule has 0 unspecified atom stereocenters. The summed E-state index contributed by atoms with van der Waals surface area (Å²) in [6, 6.07) is 18.3. The monoisotopic (exact) mass is 293 g/mol. The lowest BCUT2D eigenvalue weighted by atomic mass is 10.1. The number of ether oxygens (including phenoxy) is 1. The number of hydrogen-bond donors (Lipinski definition) is 0. The number of aryl methyl sites for hydroxylation is 1. The molecule has 0 aliphatic heterocycles. The maximum atomic E-state index is 12.3. The van der Waals surface area contributed by atoms with Gasteiger partial charge in [0.2, 0.25) is 0 Å². The second-order valence-corrected chi connectivity index (χ2v) is 5.39. The molecule has 22 heavy (non-hydrogen) atoms. The number of para-hydroxylation sites is 1. The molecule has 0 amide bonds. The highest BCUT2D eigenvalue weighted by molar-refractivity contribution is 5.91. The van der Waals surface area contributed by atoms with Gasteiger partial charge in [0.05, 0.1) is 12.1 Å². The summed E-state index contributed by atoms with van der Waals surface area (Å²) in [5.74, 6) is 0. The highest BCUT2D eigenvalue weighted by atomic mass is 16.5. The van der Waals surface area contributed by atoms with Gasteiger partial charge in [-0.15, -0.1) is 0 Å². The largest absolute Gasteiger partial charge is 0.449 e. The Balaban J connectivity index is 2.08. The van der Waals surface area contributed by atoms with E-state index in [1.54, 1.807) is 4.57 Å². The van der Waals surface area contributed by atoms with Crippen LogP contribution in [0.3, 0.4) is 0 Å². The van der Waals surface area contributed by atoms with E-state index in [2.05, 4.69) is 31.2 Å². The molecule has 0 fully saturated rings. The van der Waals surface area contributed by atoms with Gasteiger partial charge in [0, 0.05) is 17.5 Å². The average molecular weight is 293 g/mol. The number of benzene rings is 2. The lowest BCUT2D eigenvalue weighted by Crippen LogP contribution is -2.16. The predicted octanol–water partition coefficient (Wildman–Crippen LogP) is 4.55. The molecule has 1 aromatic heterocycles. The smallest absolute Gasteiger partial charge is 0.418 e. The third kappa shape index (κ3) is 2.75. The van der Waals surface area contributed by atoms with Crippen molar-refractivity contribution in [3.8, 4) is 0 Å². The highest BCUT2D eigenvalue weighted by Gasteiger charge is 2.16. The van der Waals surface area contributed by atoms with Crippen LogP contribution < -0.4 is 0 Å². The van der Waals surface area contributed by atoms with Gasteiger partial charge >= 0.3 is 6.09 Å². The molecular formula is C19H19NO2. The molecule has 3 heteroatoms. The number of carbonyl (C=O) groups is 1. The van der Waals surface area contributed by atoms with E-state index in [0.717, 1.165) is 16.6 Å². The van der Waals surface area contributed by atoms with E-state index in [4.69, 9.17) is 4.74 Å². The number of aromatic nitrogens is 1. The Morgan fingerprint density at radius 2 is 1.91 bits per heavy atom. The lowest BCUT2D eigenvalue weighted by Gasteiger charge is -2.09. The van der Waals surface area contributed by atoms with E-state index >= 15 is 0 Å². The molecule has 3 aromatic rings. The first-order valence-electron chi connectivity index (χ1n) is 7.51. The van der Waals surface area contributed by atoms with Crippen LogP contribution in [0.1, 0.15) is 23.7 Å². The number of nitrogens with zero attached hydrogens (tertiary/aromatic N) is 1. The Bertz CT molecular complexity index is 817. The summed E-state index contributed by atoms with van der Waals surface area (Å²) in [7, 11) is 0. The van der Waals surface area contributed by atoms with Crippen LogP contribution in [0.4, 0.5) is 4.79 Å². The Morgan fingerprint density at radius 1 is 1.09 bits per heavy atom. The summed E-state index contributed by atoms with van der Waals surface area (Å²) < 4.78 is 6.90. The number of fused-ring (bicyclic) bond motifs is 1. The van der Waals surface area contributed by atoms with Crippen molar-refractivity contribution >= 4 is 17.0 Å². The Hall–Kier alpha value is -2.55. The highest BCUT2D eigenvalue weighted by Crippen LogP contribution is 2.22. The van der Waals surface area contributed by atoms with E-state index < -0.39 is 0 Å². The van der Waals surface area contributed by atoms with Crippen LogP contribution in [0.25, 0.3) is 10.9 Å². The molecule has 2 aromatic carbocycles. The van der Waals surface area contributed by atoms with Gasteiger partial charge in [0.25, 0.3) is 0 Å². The quantitative estimate of drug-likeness (QED) is 0.709. The fourth-order valence-corrected chi connectivity index (χ4v) is 2.78. The minimum Gasteiger partial charge on any atom is -0.449 e. The molecule has 0 atom stereocenters. The molecule has 0 aliphatic carbocycles. The van der Waals surface area contributed by atoms with Gasteiger partial charge in [0.1, 0.15) is 0 Å². The van der Waals surface area contributed by atoms with Gasteiger partial charge < -0.3 is 4.74 Å². The molecule has 0 radical (unpaired) electrons. The maximum absolute atomic E-state index is 12.3. The molecular weight excluding hydrogens is 274 g/mol. The molecule has 0 aliphatic rings. The molecule has 3 rings (SSSR count). The van der Waals surface area contributed by atoms with Crippen molar-refractivity contribution in [1.29, 1.82) is 0 Å². The van der Waals surface area contributed by atoms with E-state index in [-0.39, 0.29) is 6.09 Å². The zero-order valence-electron chi connectivity index (χ0n) is 12.9. The Morgan fingerprint density at radius 3 is 2.68 bits per heavy atom. The first-order valence-corrected chi connectivity index (χ1v) is 7.51. The third-order valence-corrected chi connectivity index (χ3v) is 3.71. The lowest BCUT2D eigenvalue weighted by molar-refractivity contribution is 0.154. The van der Waals surface area contributed by atoms with Crippen molar-refractivity contribution in [3.63, 3.8) is 0 Å². The Kier molecular flexibility index (Phi) is 3.96.